The number of piperidine rings is 1. The van der Waals surface area contributed by atoms with Gasteiger partial charge >= 0.3 is 0 Å². The molecule has 18 heteroatoms. The first-order valence-electron chi connectivity index (χ1n) is 18.9. The number of benzene rings is 2. The number of aromatic nitrogens is 5. The Kier molecular flexibility index (Phi) is 10.1. The van der Waals surface area contributed by atoms with E-state index in [1.165, 1.54) is 12.1 Å². The van der Waals surface area contributed by atoms with E-state index in [4.69, 9.17) is 0 Å². The SMILES string of the molecule is Cc1nc2c(F)cc(-c3nc(Nc4ccc(CN5CCN(C(=O)CNc6cccc7c6C(=O)N(C6CCC(=O)NC6=O)C7=O)CC5)cn4)ncc3F)cc2n1C(C)C. The molecule has 3 aromatic heterocycles. The van der Waals surface area contributed by atoms with Gasteiger partial charge in [0.05, 0.1) is 29.4 Å². The van der Waals surface area contributed by atoms with E-state index >= 15 is 8.78 Å². The Labute approximate surface area is 330 Å². The Morgan fingerprint density at radius 3 is 2.47 bits per heavy atom. The second kappa shape index (κ2) is 15.3. The number of nitrogens with zero attached hydrogens (tertiary/aromatic N) is 8. The maximum atomic E-state index is 15.1. The van der Waals surface area contributed by atoms with Gasteiger partial charge in [-0.15, -0.1) is 0 Å². The molecule has 298 valence electrons. The Bertz CT molecular complexity index is 2500. The highest BCUT2D eigenvalue weighted by molar-refractivity contribution is 6.25. The molecular formula is C40H39F2N11O5. The van der Waals surface area contributed by atoms with Gasteiger partial charge < -0.3 is 20.1 Å². The first kappa shape index (κ1) is 38.2. The maximum Gasteiger partial charge on any atom is 0.264 e. The van der Waals surface area contributed by atoms with E-state index < -0.39 is 41.3 Å². The van der Waals surface area contributed by atoms with Crippen molar-refractivity contribution >= 4 is 58.0 Å². The number of piperazine rings is 1. The molecule has 0 saturated carbocycles. The number of amides is 5. The molecule has 16 nitrogen and oxygen atoms in total. The minimum absolute atomic E-state index is 0.0141. The van der Waals surface area contributed by atoms with Crippen molar-refractivity contribution < 1.29 is 32.8 Å². The number of pyridine rings is 1. The Morgan fingerprint density at radius 1 is 0.948 bits per heavy atom. The molecule has 1 unspecified atom stereocenters. The van der Waals surface area contributed by atoms with Gasteiger partial charge in [0.25, 0.3) is 11.8 Å². The second-order valence-electron chi connectivity index (χ2n) is 14.7. The number of fused-ring (bicyclic) bond motifs is 2. The molecule has 0 spiro atoms. The molecule has 5 aromatic rings. The number of imide groups is 2. The molecule has 3 aliphatic heterocycles. The summed E-state index contributed by atoms with van der Waals surface area (Å²) in [6.07, 6.45) is 2.80. The zero-order chi connectivity index (χ0) is 40.8. The van der Waals surface area contributed by atoms with Crippen LogP contribution in [0.15, 0.2) is 54.9 Å². The summed E-state index contributed by atoms with van der Waals surface area (Å²) in [6.45, 7) is 8.37. The lowest BCUT2D eigenvalue weighted by Gasteiger charge is -2.34. The van der Waals surface area contributed by atoms with Crippen molar-refractivity contribution in [2.75, 3.05) is 43.4 Å². The van der Waals surface area contributed by atoms with Crippen LogP contribution in [0.1, 0.15) is 64.8 Å². The van der Waals surface area contributed by atoms with Crippen LogP contribution < -0.4 is 16.0 Å². The van der Waals surface area contributed by atoms with Crippen LogP contribution in [0, 0.1) is 18.6 Å². The molecule has 1 atom stereocenters. The van der Waals surface area contributed by atoms with E-state index in [1.54, 1.807) is 42.3 Å². The Balaban J connectivity index is 0.846. The van der Waals surface area contributed by atoms with Crippen molar-refractivity contribution in [3.8, 4) is 11.3 Å². The lowest BCUT2D eigenvalue weighted by atomic mass is 10.0. The summed E-state index contributed by atoms with van der Waals surface area (Å²) in [7, 11) is 0. The quantitative estimate of drug-likeness (QED) is 0.173. The lowest BCUT2D eigenvalue weighted by molar-refractivity contribution is -0.136. The first-order chi connectivity index (χ1) is 27.9. The van der Waals surface area contributed by atoms with Gasteiger partial charge in [-0.2, -0.15) is 0 Å². The smallest absolute Gasteiger partial charge is 0.264 e. The van der Waals surface area contributed by atoms with Crippen molar-refractivity contribution in [2.45, 2.75) is 52.2 Å². The standard InChI is InChI=1S/C40H39F2N11O5/c1-21(2)52-22(3)46-36-26(41)15-24(16-30(36)52)35-27(42)18-45-40(49-35)47-31-9-7-23(17-44-31)20-50-11-13-51(14-12-50)33(55)19-43-28-6-4-5-25-34(28)39(58)53(38(25)57)29-8-10-32(54)48-37(29)56/h4-7,9,15-18,21,29,43H,8,10-14,19-20H2,1-3H3,(H,48,54,56)(H,44,45,47,49). The van der Waals surface area contributed by atoms with Gasteiger partial charge in [-0.25, -0.2) is 28.7 Å². The molecule has 2 fully saturated rings. The molecule has 8 rings (SSSR count). The lowest BCUT2D eigenvalue weighted by Crippen LogP contribution is -2.54. The van der Waals surface area contributed by atoms with Crippen LogP contribution in [0.4, 0.5) is 26.2 Å². The Hall–Kier alpha value is -6.69. The van der Waals surface area contributed by atoms with Gasteiger partial charge in [-0.3, -0.25) is 39.1 Å². The summed E-state index contributed by atoms with van der Waals surface area (Å²) in [5.41, 5.74) is 2.41. The van der Waals surface area contributed by atoms with E-state index in [1.807, 2.05) is 24.5 Å². The van der Waals surface area contributed by atoms with Crippen LogP contribution in [0.2, 0.25) is 0 Å². The summed E-state index contributed by atoms with van der Waals surface area (Å²) in [6, 6.07) is 10.2. The summed E-state index contributed by atoms with van der Waals surface area (Å²) >= 11 is 0. The summed E-state index contributed by atoms with van der Waals surface area (Å²) in [4.78, 5) is 85.9. The minimum atomic E-state index is -1.08. The number of hydrogen-bond acceptors (Lipinski definition) is 12. The molecule has 6 heterocycles. The van der Waals surface area contributed by atoms with E-state index in [0.717, 1.165) is 16.7 Å². The number of nitrogens with one attached hydrogen (secondary N) is 3. The normalized spacial score (nSPS) is 17.3. The largest absolute Gasteiger partial charge is 0.375 e. The number of halogens is 2. The number of hydrogen-bond donors (Lipinski definition) is 3. The number of carbonyl (C=O) groups excluding carboxylic acids is 5. The van der Waals surface area contributed by atoms with Gasteiger partial charge in [0, 0.05) is 62.6 Å². The van der Waals surface area contributed by atoms with Crippen LogP contribution in [-0.2, 0) is 20.9 Å². The zero-order valence-corrected chi connectivity index (χ0v) is 31.9. The fourth-order valence-corrected chi connectivity index (χ4v) is 7.75. The van der Waals surface area contributed by atoms with Crippen molar-refractivity contribution in [2.24, 2.45) is 0 Å². The molecular weight excluding hydrogens is 753 g/mol. The van der Waals surface area contributed by atoms with Gasteiger partial charge in [0.2, 0.25) is 23.7 Å². The van der Waals surface area contributed by atoms with Crippen LogP contribution in [0.25, 0.3) is 22.3 Å². The number of aryl methyl sites for hydroxylation is 1. The van der Waals surface area contributed by atoms with Gasteiger partial charge in [0.1, 0.15) is 28.9 Å². The first-order valence-corrected chi connectivity index (χ1v) is 18.9. The molecule has 0 bridgehead atoms. The monoisotopic (exact) mass is 791 g/mol. The van der Waals surface area contributed by atoms with E-state index in [0.29, 0.717) is 55.6 Å². The number of rotatable bonds is 10. The van der Waals surface area contributed by atoms with Gasteiger partial charge in [-0.1, -0.05) is 12.1 Å². The fraction of sp³-hybridized carbons (Fsp3) is 0.325. The maximum absolute atomic E-state index is 15.1. The fourth-order valence-electron chi connectivity index (χ4n) is 7.75. The molecule has 58 heavy (non-hydrogen) atoms. The molecule has 0 radical (unpaired) electrons. The summed E-state index contributed by atoms with van der Waals surface area (Å²) in [5, 5.41) is 8.20. The van der Waals surface area contributed by atoms with Crippen LogP contribution >= 0.6 is 0 Å². The number of carbonyl (C=O) groups is 5. The third kappa shape index (κ3) is 7.21. The molecule has 2 saturated heterocycles. The van der Waals surface area contributed by atoms with Crippen LogP contribution in [-0.4, -0.2) is 108 Å². The van der Waals surface area contributed by atoms with Crippen molar-refractivity contribution in [1.29, 1.82) is 0 Å². The Morgan fingerprint density at radius 2 is 1.74 bits per heavy atom. The number of imidazole rings is 1. The van der Waals surface area contributed by atoms with Crippen molar-refractivity contribution in [3.63, 3.8) is 0 Å². The van der Waals surface area contributed by atoms with Crippen LogP contribution in [0.3, 0.4) is 0 Å². The van der Waals surface area contributed by atoms with E-state index in [-0.39, 0.29) is 65.2 Å². The average molecular weight is 792 g/mol. The third-order valence-corrected chi connectivity index (χ3v) is 10.6. The van der Waals surface area contributed by atoms with Gasteiger partial charge in [-0.05, 0) is 63.1 Å². The van der Waals surface area contributed by atoms with Crippen LogP contribution in [0.5, 0.6) is 0 Å². The van der Waals surface area contributed by atoms with Crippen molar-refractivity contribution in [1.82, 2.24) is 44.5 Å². The highest BCUT2D eigenvalue weighted by Gasteiger charge is 2.45. The topological polar surface area (TPSA) is 188 Å². The third-order valence-electron chi connectivity index (χ3n) is 10.6. The molecule has 5 amide bonds. The van der Waals surface area contributed by atoms with E-state index in [2.05, 4.69) is 40.8 Å². The molecule has 3 N–H and O–H groups in total. The summed E-state index contributed by atoms with van der Waals surface area (Å²) < 4.78 is 32.0. The minimum Gasteiger partial charge on any atom is -0.375 e. The average Bonchev–Trinajstić information content (AvgIpc) is 3.68. The van der Waals surface area contributed by atoms with E-state index in [9.17, 15) is 24.0 Å². The second-order valence-corrected chi connectivity index (χ2v) is 14.7. The predicted molar refractivity (Wildman–Crippen MR) is 207 cm³/mol. The van der Waals surface area contributed by atoms with Crippen molar-refractivity contribution in [3.05, 3.63) is 89.0 Å². The predicted octanol–water partition coefficient (Wildman–Crippen LogP) is 3.96. The highest BCUT2D eigenvalue weighted by atomic mass is 19.1. The zero-order valence-electron chi connectivity index (χ0n) is 31.9. The highest BCUT2D eigenvalue weighted by Crippen LogP contribution is 2.33. The molecule has 0 aliphatic carbocycles. The molecule has 2 aromatic carbocycles. The molecule has 3 aliphatic rings. The summed E-state index contributed by atoms with van der Waals surface area (Å²) in [5.74, 6) is -2.69. The number of anilines is 3. The van der Waals surface area contributed by atoms with Gasteiger partial charge in [0.15, 0.2) is 11.6 Å².